The Bertz CT molecular complexity index is 611. The fraction of sp³-hybridized carbons (Fsp3) is 0.235. The van der Waals surface area contributed by atoms with E-state index in [1.165, 1.54) is 5.56 Å². The zero-order chi connectivity index (χ0) is 15.2. The number of hydrogen-bond acceptors (Lipinski definition) is 2. The van der Waals surface area contributed by atoms with Crippen LogP contribution >= 0.6 is 0 Å². The number of nitrogens with one attached hydrogen (secondary N) is 2. The Morgan fingerprint density at radius 2 is 1.81 bits per heavy atom. The van der Waals surface area contributed by atoms with Crippen LogP contribution in [0.5, 0.6) is 0 Å². The predicted molar refractivity (Wildman–Crippen MR) is 84.3 cm³/mol. The van der Waals surface area contributed by atoms with E-state index in [1.807, 2.05) is 62.4 Å². The van der Waals surface area contributed by atoms with E-state index in [0.717, 1.165) is 16.8 Å². The number of carbonyl (C=O) groups excluding carboxylic acids is 1. The molecule has 0 aliphatic heterocycles. The second-order valence-corrected chi connectivity index (χ2v) is 5.04. The number of amides is 2. The molecule has 0 spiro atoms. The molecule has 1 atom stereocenters. The van der Waals surface area contributed by atoms with E-state index in [2.05, 4.69) is 10.6 Å². The second-order valence-electron chi connectivity index (χ2n) is 5.04. The van der Waals surface area contributed by atoms with E-state index >= 15 is 0 Å². The van der Waals surface area contributed by atoms with Crippen LogP contribution in [0.2, 0.25) is 0 Å². The maximum atomic E-state index is 12.0. The Kier molecular flexibility index (Phi) is 4.95. The molecule has 2 rings (SSSR count). The van der Waals surface area contributed by atoms with Crippen molar-refractivity contribution in [1.82, 2.24) is 5.32 Å². The van der Waals surface area contributed by atoms with Crippen molar-refractivity contribution in [2.45, 2.75) is 19.9 Å². The standard InChI is InChI=1S/C17H20N2O2/c1-12-8-9-15(10-13(12)2)18-17(21)19-16(11-20)14-6-4-3-5-7-14/h3-10,16,20H,11H2,1-2H3,(H2,18,19,21). The third kappa shape index (κ3) is 4.07. The van der Waals surface area contributed by atoms with Gasteiger partial charge >= 0.3 is 6.03 Å². The molecule has 4 heteroatoms. The molecule has 0 fully saturated rings. The lowest BCUT2D eigenvalue weighted by atomic mass is 10.1. The lowest BCUT2D eigenvalue weighted by Crippen LogP contribution is -2.34. The maximum Gasteiger partial charge on any atom is 0.319 e. The van der Waals surface area contributed by atoms with Crippen LogP contribution in [0.15, 0.2) is 48.5 Å². The molecule has 0 saturated carbocycles. The number of rotatable bonds is 4. The topological polar surface area (TPSA) is 61.4 Å². The SMILES string of the molecule is Cc1ccc(NC(=O)NC(CO)c2ccccc2)cc1C. The van der Waals surface area contributed by atoms with Crippen molar-refractivity contribution in [2.75, 3.05) is 11.9 Å². The zero-order valence-corrected chi connectivity index (χ0v) is 12.3. The third-order valence-corrected chi connectivity index (χ3v) is 3.45. The minimum absolute atomic E-state index is 0.148. The zero-order valence-electron chi connectivity index (χ0n) is 12.3. The summed E-state index contributed by atoms with van der Waals surface area (Å²) < 4.78 is 0. The van der Waals surface area contributed by atoms with E-state index in [1.54, 1.807) is 0 Å². The van der Waals surface area contributed by atoms with Gasteiger partial charge in [-0.05, 0) is 42.7 Å². The molecule has 4 nitrogen and oxygen atoms in total. The third-order valence-electron chi connectivity index (χ3n) is 3.45. The first-order chi connectivity index (χ1) is 10.1. The summed E-state index contributed by atoms with van der Waals surface area (Å²) in [6, 6.07) is 14.4. The molecule has 0 aliphatic rings. The van der Waals surface area contributed by atoms with Gasteiger partial charge < -0.3 is 15.7 Å². The summed E-state index contributed by atoms with van der Waals surface area (Å²) in [5.74, 6) is 0. The lowest BCUT2D eigenvalue weighted by molar-refractivity contribution is 0.225. The first-order valence-corrected chi connectivity index (χ1v) is 6.90. The Morgan fingerprint density at radius 1 is 1.10 bits per heavy atom. The highest BCUT2D eigenvalue weighted by Crippen LogP contribution is 2.15. The van der Waals surface area contributed by atoms with E-state index in [4.69, 9.17) is 0 Å². The average molecular weight is 284 g/mol. The van der Waals surface area contributed by atoms with Crippen molar-refractivity contribution in [1.29, 1.82) is 0 Å². The number of urea groups is 1. The molecule has 2 aromatic rings. The molecular weight excluding hydrogens is 264 g/mol. The lowest BCUT2D eigenvalue weighted by Gasteiger charge is -2.17. The fourth-order valence-corrected chi connectivity index (χ4v) is 2.06. The Balaban J connectivity index is 2.01. The van der Waals surface area contributed by atoms with Crippen molar-refractivity contribution in [3.8, 4) is 0 Å². The molecule has 0 heterocycles. The second kappa shape index (κ2) is 6.90. The Hall–Kier alpha value is -2.33. The molecule has 21 heavy (non-hydrogen) atoms. The van der Waals surface area contributed by atoms with Gasteiger partial charge in [0.1, 0.15) is 0 Å². The number of aliphatic hydroxyl groups is 1. The molecule has 0 bridgehead atoms. The van der Waals surface area contributed by atoms with Crippen LogP contribution in [-0.2, 0) is 0 Å². The molecular formula is C17H20N2O2. The number of aliphatic hydroxyl groups excluding tert-OH is 1. The van der Waals surface area contributed by atoms with Crippen LogP contribution in [0.3, 0.4) is 0 Å². The Morgan fingerprint density at radius 3 is 2.43 bits per heavy atom. The molecule has 0 aromatic heterocycles. The number of hydrogen-bond donors (Lipinski definition) is 3. The van der Waals surface area contributed by atoms with E-state index in [9.17, 15) is 9.90 Å². The molecule has 110 valence electrons. The first kappa shape index (κ1) is 15.1. The number of aryl methyl sites for hydroxylation is 2. The van der Waals surface area contributed by atoms with Gasteiger partial charge in [-0.25, -0.2) is 4.79 Å². The summed E-state index contributed by atoms with van der Waals surface area (Å²) in [6.07, 6.45) is 0. The smallest absolute Gasteiger partial charge is 0.319 e. The molecule has 0 radical (unpaired) electrons. The van der Waals surface area contributed by atoms with Crippen molar-refractivity contribution < 1.29 is 9.90 Å². The summed E-state index contributed by atoms with van der Waals surface area (Å²) in [6.45, 7) is 3.87. The highest BCUT2D eigenvalue weighted by atomic mass is 16.3. The van der Waals surface area contributed by atoms with Crippen molar-refractivity contribution in [2.24, 2.45) is 0 Å². The van der Waals surface area contributed by atoms with E-state index < -0.39 is 6.04 Å². The minimum Gasteiger partial charge on any atom is -0.394 e. The van der Waals surface area contributed by atoms with E-state index in [-0.39, 0.29) is 12.6 Å². The van der Waals surface area contributed by atoms with Crippen LogP contribution in [0, 0.1) is 13.8 Å². The van der Waals surface area contributed by atoms with Crippen molar-refractivity contribution >= 4 is 11.7 Å². The molecule has 0 aliphatic carbocycles. The van der Waals surface area contributed by atoms with E-state index in [0.29, 0.717) is 0 Å². The van der Waals surface area contributed by atoms with Gasteiger partial charge in [0.05, 0.1) is 12.6 Å². The van der Waals surface area contributed by atoms with Gasteiger partial charge in [0.2, 0.25) is 0 Å². The van der Waals surface area contributed by atoms with Gasteiger partial charge in [-0.15, -0.1) is 0 Å². The molecule has 2 aromatic carbocycles. The van der Waals surface area contributed by atoms with Crippen LogP contribution in [0.4, 0.5) is 10.5 Å². The van der Waals surface area contributed by atoms with Crippen molar-refractivity contribution in [3.63, 3.8) is 0 Å². The summed E-state index contributed by atoms with van der Waals surface area (Å²) >= 11 is 0. The number of carbonyl (C=O) groups is 1. The van der Waals surface area contributed by atoms with Gasteiger partial charge in [-0.3, -0.25) is 0 Å². The summed E-state index contributed by atoms with van der Waals surface area (Å²) in [7, 11) is 0. The van der Waals surface area contributed by atoms with Crippen LogP contribution < -0.4 is 10.6 Å². The van der Waals surface area contributed by atoms with Crippen molar-refractivity contribution in [3.05, 3.63) is 65.2 Å². The largest absolute Gasteiger partial charge is 0.394 e. The highest BCUT2D eigenvalue weighted by Gasteiger charge is 2.13. The molecule has 0 saturated heterocycles. The van der Waals surface area contributed by atoms with Gasteiger partial charge in [0.15, 0.2) is 0 Å². The minimum atomic E-state index is -0.419. The summed E-state index contributed by atoms with van der Waals surface area (Å²) in [5.41, 5.74) is 3.91. The van der Waals surface area contributed by atoms with Gasteiger partial charge in [-0.2, -0.15) is 0 Å². The predicted octanol–water partition coefficient (Wildman–Crippen LogP) is 3.16. The maximum absolute atomic E-state index is 12.0. The number of benzene rings is 2. The van der Waals surface area contributed by atoms with Gasteiger partial charge in [-0.1, -0.05) is 36.4 Å². The van der Waals surface area contributed by atoms with Crippen LogP contribution in [-0.4, -0.2) is 17.7 Å². The van der Waals surface area contributed by atoms with Crippen LogP contribution in [0.25, 0.3) is 0 Å². The quantitative estimate of drug-likeness (QED) is 0.807. The molecule has 1 unspecified atom stereocenters. The molecule has 3 N–H and O–H groups in total. The first-order valence-electron chi connectivity index (χ1n) is 6.90. The Labute approximate surface area is 124 Å². The fourth-order valence-electron chi connectivity index (χ4n) is 2.06. The highest BCUT2D eigenvalue weighted by molar-refractivity contribution is 5.89. The van der Waals surface area contributed by atoms with Gasteiger partial charge in [0, 0.05) is 5.69 Å². The van der Waals surface area contributed by atoms with Crippen LogP contribution in [0.1, 0.15) is 22.7 Å². The monoisotopic (exact) mass is 284 g/mol. The summed E-state index contributed by atoms with van der Waals surface area (Å²) in [5, 5.41) is 15.0. The normalized spacial score (nSPS) is 11.8. The van der Waals surface area contributed by atoms with Gasteiger partial charge in [0.25, 0.3) is 0 Å². The molecule has 2 amide bonds. The average Bonchev–Trinajstić information content (AvgIpc) is 2.49. The summed E-state index contributed by atoms with van der Waals surface area (Å²) in [4.78, 5) is 12.0. The number of anilines is 1.